The monoisotopic (exact) mass is 281 g/mol. The van der Waals surface area contributed by atoms with E-state index < -0.39 is 0 Å². The molecule has 0 spiro atoms. The number of halogens is 1. The lowest BCUT2D eigenvalue weighted by Crippen LogP contribution is -2.35. The molecule has 0 radical (unpaired) electrons. The van der Waals surface area contributed by atoms with Crippen LogP contribution in [0.1, 0.15) is 29.3 Å². The molecule has 1 saturated heterocycles. The molecular weight excluding hydrogens is 262 g/mol. The number of rotatable bonds is 5. The highest BCUT2D eigenvalue weighted by Gasteiger charge is 2.22. The van der Waals surface area contributed by atoms with E-state index >= 15 is 0 Å². The molecule has 1 aliphatic heterocycles. The van der Waals surface area contributed by atoms with Crippen LogP contribution < -0.4 is 0 Å². The summed E-state index contributed by atoms with van der Waals surface area (Å²) in [6.07, 6.45) is 1.05. The van der Waals surface area contributed by atoms with Crippen molar-refractivity contribution in [1.82, 2.24) is 4.90 Å². The van der Waals surface area contributed by atoms with Gasteiger partial charge < -0.3 is 9.64 Å². The van der Waals surface area contributed by atoms with Gasteiger partial charge in [0.1, 0.15) is 0 Å². The summed E-state index contributed by atoms with van der Waals surface area (Å²) in [4.78, 5) is 14.4. The van der Waals surface area contributed by atoms with Crippen LogP contribution in [0.4, 0.5) is 0 Å². The Morgan fingerprint density at radius 2 is 2.37 bits per heavy atom. The maximum atomic E-state index is 12.5. The highest BCUT2D eigenvalue weighted by molar-refractivity contribution is 6.17. The van der Waals surface area contributed by atoms with Crippen LogP contribution >= 0.6 is 11.6 Å². The van der Waals surface area contributed by atoms with Gasteiger partial charge in [0.2, 0.25) is 0 Å². The Kier molecular flexibility index (Phi) is 5.23. The minimum absolute atomic E-state index is 0.0846. The number of ether oxygens (including phenoxy) is 1. The first-order valence-corrected chi connectivity index (χ1v) is 7.30. The Morgan fingerprint density at radius 3 is 3.00 bits per heavy atom. The molecule has 0 N–H and O–H groups in total. The molecule has 1 atom stereocenters. The molecule has 19 heavy (non-hydrogen) atoms. The van der Waals surface area contributed by atoms with Gasteiger partial charge in [-0.15, -0.1) is 11.6 Å². The second-order valence-electron chi connectivity index (χ2n) is 4.91. The molecule has 0 aliphatic carbocycles. The summed E-state index contributed by atoms with van der Waals surface area (Å²) < 4.78 is 5.37. The lowest BCUT2D eigenvalue weighted by Gasteiger charge is -2.24. The van der Waals surface area contributed by atoms with Crippen molar-refractivity contribution < 1.29 is 9.53 Å². The van der Waals surface area contributed by atoms with Crippen molar-refractivity contribution in [3.05, 3.63) is 35.4 Å². The average Bonchev–Trinajstić information content (AvgIpc) is 2.97. The lowest BCUT2D eigenvalue weighted by atomic mass is 10.1. The van der Waals surface area contributed by atoms with Crippen LogP contribution in [-0.2, 0) is 10.6 Å². The van der Waals surface area contributed by atoms with Gasteiger partial charge in [-0.2, -0.15) is 0 Å². The zero-order valence-corrected chi connectivity index (χ0v) is 12.0. The van der Waals surface area contributed by atoms with Crippen LogP contribution in [-0.4, -0.2) is 37.1 Å². The number of carbonyl (C=O) groups excluding carboxylic acids is 1. The Morgan fingerprint density at radius 1 is 1.53 bits per heavy atom. The molecule has 1 unspecified atom stereocenters. The van der Waals surface area contributed by atoms with E-state index in [0.29, 0.717) is 11.8 Å². The Bertz CT molecular complexity index is 430. The average molecular weight is 282 g/mol. The molecule has 0 saturated carbocycles. The van der Waals surface area contributed by atoms with Crippen molar-refractivity contribution >= 4 is 17.5 Å². The summed E-state index contributed by atoms with van der Waals surface area (Å²) >= 11 is 5.81. The van der Waals surface area contributed by atoms with Gasteiger partial charge in [0.15, 0.2) is 0 Å². The molecule has 4 heteroatoms. The molecule has 104 valence electrons. The van der Waals surface area contributed by atoms with Crippen LogP contribution in [0.5, 0.6) is 0 Å². The fraction of sp³-hybridized carbons (Fsp3) is 0.533. The van der Waals surface area contributed by atoms with Crippen molar-refractivity contribution in [2.75, 3.05) is 26.3 Å². The van der Waals surface area contributed by atoms with E-state index in [4.69, 9.17) is 16.3 Å². The quantitative estimate of drug-likeness (QED) is 0.777. The highest BCUT2D eigenvalue weighted by Crippen LogP contribution is 2.16. The van der Waals surface area contributed by atoms with Crippen molar-refractivity contribution in [3.8, 4) is 0 Å². The minimum atomic E-state index is 0.0846. The highest BCUT2D eigenvalue weighted by atomic mass is 35.5. The number of nitrogens with zero attached hydrogens (tertiary/aromatic N) is 1. The zero-order valence-electron chi connectivity index (χ0n) is 11.3. The number of carbonyl (C=O) groups is 1. The third kappa shape index (κ3) is 3.71. The Labute approximate surface area is 119 Å². The van der Waals surface area contributed by atoms with E-state index in [9.17, 15) is 4.79 Å². The van der Waals surface area contributed by atoms with Gasteiger partial charge in [-0.1, -0.05) is 12.1 Å². The first-order valence-electron chi connectivity index (χ1n) is 6.76. The van der Waals surface area contributed by atoms with Crippen molar-refractivity contribution in [3.63, 3.8) is 0 Å². The minimum Gasteiger partial charge on any atom is -0.381 e. The summed E-state index contributed by atoms with van der Waals surface area (Å²) in [6, 6.07) is 7.55. The Hall–Kier alpha value is -1.06. The molecule has 0 aromatic heterocycles. The van der Waals surface area contributed by atoms with Gasteiger partial charge in [-0.3, -0.25) is 4.79 Å². The maximum absolute atomic E-state index is 12.5. The topological polar surface area (TPSA) is 29.5 Å². The smallest absolute Gasteiger partial charge is 0.253 e. The first kappa shape index (κ1) is 14.4. The summed E-state index contributed by atoms with van der Waals surface area (Å²) in [7, 11) is 0. The standard InChI is InChI=1S/C15H20ClNO2/c1-2-17(10-13-6-7-19-11-13)15(18)14-5-3-4-12(8-14)9-16/h3-5,8,13H,2,6-7,9-11H2,1H3. The summed E-state index contributed by atoms with van der Waals surface area (Å²) in [5.74, 6) is 0.991. The third-order valence-corrected chi connectivity index (χ3v) is 3.81. The number of hydrogen-bond donors (Lipinski definition) is 0. The zero-order chi connectivity index (χ0) is 13.7. The first-order chi connectivity index (χ1) is 9.24. The van der Waals surface area contributed by atoms with E-state index in [0.717, 1.165) is 43.9 Å². The van der Waals surface area contributed by atoms with Gasteiger partial charge in [0.05, 0.1) is 6.61 Å². The lowest BCUT2D eigenvalue weighted by molar-refractivity contribution is 0.0730. The van der Waals surface area contributed by atoms with Crippen LogP contribution in [0.2, 0.25) is 0 Å². The molecular formula is C15H20ClNO2. The number of amides is 1. The summed E-state index contributed by atoms with van der Waals surface area (Å²) in [5.41, 5.74) is 1.70. The normalized spacial score (nSPS) is 18.5. The molecule has 2 rings (SSSR count). The van der Waals surface area contributed by atoms with Crippen molar-refractivity contribution in [2.45, 2.75) is 19.2 Å². The molecule has 1 aliphatic rings. The van der Waals surface area contributed by atoms with Crippen molar-refractivity contribution in [1.29, 1.82) is 0 Å². The predicted molar refractivity (Wildman–Crippen MR) is 76.5 cm³/mol. The van der Waals surface area contributed by atoms with Crippen LogP contribution in [0, 0.1) is 5.92 Å². The molecule has 1 fully saturated rings. The van der Waals surface area contributed by atoms with Crippen LogP contribution in [0.25, 0.3) is 0 Å². The number of hydrogen-bond acceptors (Lipinski definition) is 2. The molecule has 1 aromatic rings. The van der Waals surface area contributed by atoms with E-state index in [1.165, 1.54) is 0 Å². The van der Waals surface area contributed by atoms with Gasteiger partial charge in [-0.25, -0.2) is 0 Å². The number of alkyl halides is 1. The maximum Gasteiger partial charge on any atom is 0.253 e. The largest absolute Gasteiger partial charge is 0.381 e. The fourth-order valence-corrected chi connectivity index (χ4v) is 2.53. The third-order valence-electron chi connectivity index (χ3n) is 3.50. The SMILES string of the molecule is CCN(CC1CCOC1)C(=O)c1cccc(CCl)c1. The predicted octanol–water partition coefficient (Wildman–Crippen LogP) is 2.92. The molecule has 1 amide bonds. The van der Waals surface area contributed by atoms with Crippen LogP contribution in [0.15, 0.2) is 24.3 Å². The second-order valence-corrected chi connectivity index (χ2v) is 5.17. The van der Waals surface area contributed by atoms with E-state index in [1.54, 1.807) is 0 Å². The van der Waals surface area contributed by atoms with Crippen LogP contribution in [0.3, 0.4) is 0 Å². The molecule has 3 nitrogen and oxygen atoms in total. The summed E-state index contributed by atoms with van der Waals surface area (Å²) in [6.45, 7) is 5.10. The van der Waals surface area contributed by atoms with Gasteiger partial charge >= 0.3 is 0 Å². The van der Waals surface area contributed by atoms with E-state index in [2.05, 4.69) is 0 Å². The second kappa shape index (κ2) is 6.92. The molecule has 0 bridgehead atoms. The fourth-order valence-electron chi connectivity index (χ4n) is 2.36. The Balaban J connectivity index is 2.06. The van der Waals surface area contributed by atoms with E-state index in [1.807, 2.05) is 36.1 Å². The molecule has 1 heterocycles. The summed E-state index contributed by atoms with van der Waals surface area (Å²) in [5, 5.41) is 0. The van der Waals surface area contributed by atoms with Gasteiger partial charge in [0, 0.05) is 37.1 Å². The van der Waals surface area contributed by atoms with E-state index in [-0.39, 0.29) is 5.91 Å². The number of benzene rings is 1. The molecule has 1 aromatic carbocycles. The van der Waals surface area contributed by atoms with Crippen molar-refractivity contribution in [2.24, 2.45) is 5.92 Å². The van der Waals surface area contributed by atoms with Gasteiger partial charge in [-0.05, 0) is 31.0 Å². The van der Waals surface area contributed by atoms with Gasteiger partial charge in [0.25, 0.3) is 5.91 Å².